The molecule has 1 atom stereocenters. The highest BCUT2D eigenvalue weighted by Crippen LogP contribution is 2.27. The Morgan fingerprint density at radius 2 is 1.84 bits per heavy atom. The summed E-state index contributed by atoms with van der Waals surface area (Å²) in [4.78, 5) is 23.4. The highest BCUT2D eigenvalue weighted by atomic mass is 32.2. The van der Waals surface area contributed by atoms with Crippen molar-refractivity contribution in [2.75, 3.05) is 11.5 Å². The molecule has 0 bridgehead atoms. The quantitative estimate of drug-likeness (QED) is 0.795. The van der Waals surface area contributed by atoms with Gasteiger partial charge in [0.05, 0.1) is 12.5 Å². The minimum absolute atomic E-state index is 0.162. The summed E-state index contributed by atoms with van der Waals surface area (Å²) in [6.07, 6.45) is -3.69. The number of rotatable bonds is 6. The van der Waals surface area contributed by atoms with Crippen LogP contribution in [0.1, 0.15) is 30.9 Å². The van der Waals surface area contributed by atoms with Gasteiger partial charge in [0.15, 0.2) is 0 Å². The summed E-state index contributed by atoms with van der Waals surface area (Å²) in [6.45, 7) is 0. The van der Waals surface area contributed by atoms with Crippen LogP contribution in [0.2, 0.25) is 0 Å². The van der Waals surface area contributed by atoms with Crippen molar-refractivity contribution in [1.29, 1.82) is 0 Å². The van der Waals surface area contributed by atoms with Gasteiger partial charge in [-0.3, -0.25) is 9.59 Å². The summed E-state index contributed by atoms with van der Waals surface area (Å²) in [5.41, 5.74) is 0.412. The number of alkyl halides is 3. The van der Waals surface area contributed by atoms with Crippen LogP contribution in [-0.4, -0.2) is 34.9 Å². The molecule has 5 nitrogen and oxygen atoms in total. The second-order valence-corrected chi connectivity index (χ2v) is 6.89. The molecule has 0 radical (unpaired) electrons. The molecule has 138 valence electrons. The summed E-state index contributed by atoms with van der Waals surface area (Å²) in [6, 6.07) is 4.04. The fraction of sp³-hybridized carbons (Fsp3) is 0.500. The van der Waals surface area contributed by atoms with Crippen molar-refractivity contribution in [3.8, 4) is 5.75 Å². The molecule has 1 aliphatic heterocycles. The first-order valence-corrected chi connectivity index (χ1v) is 8.85. The van der Waals surface area contributed by atoms with Crippen LogP contribution in [0, 0.1) is 5.92 Å². The maximum absolute atomic E-state index is 12.3. The number of carboxylic acids is 1. The molecule has 1 aromatic carbocycles. The molecule has 0 spiro atoms. The second kappa shape index (κ2) is 8.46. The van der Waals surface area contributed by atoms with E-state index in [2.05, 4.69) is 10.1 Å². The third-order valence-electron chi connectivity index (χ3n) is 3.80. The SMILES string of the molecule is O=C(O)CC(NC(=O)C1CCSCC1)c1ccc(OC(F)(F)F)cc1. The van der Waals surface area contributed by atoms with Crippen LogP contribution >= 0.6 is 11.8 Å². The molecule has 0 saturated carbocycles. The van der Waals surface area contributed by atoms with Crippen molar-refractivity contribution < 1.29 is 32.6 Å². The predicted octanol–water partition coefficient (Wildman–Crippen LogP) is 3.36. The molecule has 9 heteroatoms. The summed E-state index contributed by atoms with van der Waals surface area (Å²) in [5, 5.41) is 11.8. The number of thioether (sulfide) groups is 1. The molecule has 1 heterocycles. The van der Waals surface area contributed by atoms with E-state index in [0.29, 0.717) is 5.56 Å². The van der Waals surface area contributed by atoms with Crippen LogP contribution in [0.25, 0.3) is 0 Å². The van der Waals surface area contributed by atoms with Crippen molar-refractivity contribution in [2.45, 2.75) is 31.7 Å². The number of amides is 1. The van der Waals surface area contributed by atoms with E-state index in [0.717, 1.165) is 36.5 Å². The van der Waals surface area contributed by atoms with Gasteiger partial charge in [-0.15, -0.1) is 13.2 Å². The van der Waals surface area contributed by atoms with Gasteiger partial charge in [-0.2, -0.15) is 11.8 Å². The molecular formula is C16H18F3NO4S. The summed E-state index contributed by atoms with van der Waals surface area (Å²) >= 11 is 1.77. The lowest BCUT2D eigenvalue weighted by molar-refractivity contribution is -0.274. The molecule has 25 heavy (non-hydrogen) atoms. The van der Waals surface area contributed by atoms with Crippen molar-refractivity contribution in [2.24, 2.45) is 5.92 Å². The summed E-state index contributed by atoms with van der Waals surface area (Å²) in [7, 11) is 0. The Balaban J connectivity index is 2.08. The molecule has 1 fully saturated rings. The maximum atomic E-state index is 12.3. The van der Waals surface area contributed by atoms with Crippen molar-refractivity contribution in [3.05, 3.63) is 29.8 Å². The van der Waals surface area contributed by atoms with E-state index in [-0.39, 0.29) is 18.2 Å². The lowest BCUT2D eigenvalue weighted by Gasteiger charge is -2.24. The molecule has 0 aromatic heterocycles. The van der Waals surface area contributed by atoms with Crippen LogP contribution < -0.4 is 10.1 Å². The van der Waals surface area contributed by atoms with E-state index in [1.165, 1.54) is 12.1 Å². The van der Waals surface area contributed by atoms with Gasteiger partial charge < -0.3 is 15.2 Å². The fourth-order valence-electron chi connectivity index (χ4n) is 2.58. The Labute approximate surface area is 146 Å². The van der Waals surface area contributed by atoms with Gasteiger partial charge >= 0.3 is 12.3 Å². The monoisotopic (exact) mass is 377 g/mol. The number of halogens is 3. The summed E-state index contributed by atoms with van der Waals surface area (Å²) < 4.78 is 40.4. The number of aliphatic carboxylic acids is 1. The number of nitrogens with one attached hydrogen (secondary N) is 1. The van der Waals surface area contributed by atoms with Gasteiger partial charge in [-0.25, -0.2) is 0 Å². The Bertz CT molecular complexity index is 600. The summed E-state index contributed by atoms with van der Waals surface area (Å²) in [5.74, 6) is -0.135. The van der Waals surface area contributed by atoms with Gasteiger partial charge in [0.25, 0.3) is 0 Å². The van der Waals surface area contributed by atoms with Crippen LogP contribution in [0.3, 0.4) is 0 Å². The van der Waals surface area contributed by atoms with Gasteiger partial charge in [0, 0.05) is 5.92 Å². The van der Waals surface area contributed by atoms with Gasteiger partial charge in [0.2, 0.25) is 5.91 Å². The van der Waals surface area contributed by atoms with Crippen LogP contribution in [-0.2, 0) is 9.59 Å². The molecule has 1 amide bonds. The van der Waals surface area contributed by atoms with E-state index in [1.54, 1.807) is 11.8 Å². The van der Waals surface area contributed by atoms with Crippen molar-refractivity contribution >= 4 is 23.6 Å². The largest absolute Gasteiger partial charge is 0.573 e. The van der Waals surface area contributed by atoms with Crippen LogP contribution in [0.4, 0.5) is 13.2 Å². The first kappa shape index (κ1) is 19.4. The van der Waals surface area contributed by atoms with E-state index < -0.39 is 24.1 Å². The van der Waals surface area contributed by atoms with Gasteiger partial charge in [-0.1, -0.05) is 12.1 Å². The zero-order chi connectivity index (χ0) is 18.4. The Morgan fingerprint density at radius 1 is 1.24 bits per heavy atom. The topological polar surface area (TPSA) is 75.6 Å². The molecular weight excluding hydrogens is 359 g/mol. The first-order chi connectivity index (χ1) is 11.7. The van der Waals surface area contributed by atoms with Crippen LogP contribution in [0.5, 0.6) is 5.75 Å². The number of hydrogen-bond donors (Lipinski definition) is 2. The number of hydrogen-bond acceptors (Lipinski definition) is 4. The lowest BCUT2D eigenvalue weighted by atomic mass is 9.98. The molecule has 2 rings (SSSR count). The number of carboxylic acid groups (broad SMARTS) is 1. The van der Waals surface area contributed by atoms with E-state index in [1.807, 2.05) is 0 Å². The van der Waals surface area contributed by atoms with Gasteiger partial charge in [0.1, 0.15) is 5.75 Å². The second-order valence-electron chi connectivity index (χ2n) is 5.66. The molecule has 1 aliphatic rings. The predicted molar refractivity (Wildman–Crippen MR) is 86.3 cm³/mol. The number of ether oxygens (including phenoxy) is 1. The van der Waals surface area contributed by atoms with Crippen molar-refractivity contribution in [1.82, 2.24) is 5.32 Å². The van der Waals surface area contributed by atoms with Crippen molar-refractivity contribution in [3.63, 3.8) is 0 Å². The fourth-order valence-corrected chi connectivity index (χ4v) is 3.68. The van der Waals surface area contributed by atoms with E-state index >= 15 is 0 Å². The zero-order valence-corrected chi connectivity index (χ0v) is 14.0. The Morgan fingerprint density at radius 3 is 2.36 bits per heavy atom. The number of benzene rings is 1. The van der Waals surface area contributed by atoms with E-state index in [9.17, 15) is 22.8 Å². The smallest absolute Gasteiger partial charge is 0.481 e. The minimum atomic E-state index is -4.80. The molecule has 1 saturated heterocycles. The van der Waals surface area contributed by atoms with Gasteiger partial charge in [-0.05, 0) is 42.0 Å². The van der Waals surface area contributed by atoms with E-state index in [4.69, 9.17) is 5.11 Å². The average Bonchev–Trinajstić information content (AvgIpc) is 2.54. The lowest BCUT2D eigenvalue weighted by Crippen LogP contribution is -2.36. The number of carbonyl (C=O) groups is 2. The standard InChI is InChI=1S/C16H18F3NO4S/c17-16(18,19)24-12-3-1-10(2-4-12)13(9-14(21)22)20-15(23)11-5-7-25-8-6-11/h1-4,11,13H,5-9H2,(H,20,23)(H,21,22). The molecule has 1 aromatic rings. The third-order valence-corrected chi connectivity index (χ3v) is 4.85. The van der Waals surface area contributed by atoms with Crippen LogP contribution in [0.15, 0.2) is 24.3 Å². The number of carbonyl (C=O) groups excluding carboxylic acids is 1. The average molecular weight is 377 g/mol. The third kappa shape index (κ3) is 6.49. The Hall–Kier alpha value is -1.90. The maximum Gasteiger partial charge on any atom is 0.573 e. The highest BCUT2D eigenvalue weighted by molar-refractivity contribution is 7.99. The normalized spacial score (nSPS) is 16.9. The molecule has 0 aliphatic carbocycles. The highest BCUT2D eigenvalue weighted by Gasteiger charge is 2.31. The Kier molecular flexibility index (Phi) is 6.57. The first-order valence-electron chi connectivity index (χ1n) is 7.70. The minimum Gasteiger partial charge on any atom is -0.481 e. The zero-order valence-electron chi connectivity index (χ0n) is 13.2. The molecule has 1 unspecified atom stereocenters. The molecule has 2 N–H and O–H groups in total.